The van der Waals surface area contributed by atoms with E-state index in [2.05, 4.69) is 20.3 Å². The molecule has 0 saturated heterocycles. The topological polar surface area (TPSA) is 81.9 Å². The van der Waals surface area contributed by atoms with Gasteiger partial charge in [0.25, 0.3) is 0 Å². The summed E-state index contributed by atoms with van der Waals surface area (Å²) in [6.07, 6.45) is 1.08. The minimum atomic E-state index is -0.579. The molecule has 1 amide bonds. The number of ether oxygens (including phenoxy) is 1. The average Bonchev–Trinajstić information content (AvgIpc) is 2.90. The normalized spacial score (nSPS) is 11.6. The quantitative estimate of drug-likeness (QED) is 0.522. The number of para-hydroxylation sites is 1. The number of halogens is 2. The number of anilines is 1. The zero-order valence-corrected chi connectivity index (χ0v) is 16.0. The van der Waals surface area contributed by atoms with Crippen LogP contribution in [-0.4, -0.2) is 31.2 Å². The van der Waals surface area contributed by atoms with Gasteiger partial charge in [0.2, 0.25) is 5.28 Å². The molecule has 0 spiro atoms. The number of hydrogen-bond donors (Lipinski definition) is 1. The molecule has 136 valence electrons. The smallest absolute Gasteiger partial charge is 0.412 e. The molecule has 2 heterocycles. The number of carbonyl (C=O) groups is 1. The second-order valence-electron chi connectivity index (χ2n) is 6.61. The molecule has 0 atom stereocenters. The molecule has 3 aromatic rings. The first-order valence-electron chi connectivity index (χ1n) is 7.85. The molecule has 2 aromatic heterocycles. The van der Waals surface area contributed by atoms with Gasteiger partial charge in [-0.05, 0) is 44.0 Å². The van der Waals surface area contributed by atoms with Crippen LogP contribution in [0.2, 0.25) is 10.4 Å². The number of amides is 1. The zero-order valence-electron chi connectivity index (χ0n) is 14.5. The van der Waals surface area contributed by atoms with Crippen LogP contribution in [0.25, 0.3) is 11.2 Å². The molecule has 26 heavy (non-hydrogen) atoms. The maximum absolute atomic E-state index is 12.1. The Morgan fingerprint density at radius 3 is 2.69 bits per heavy atom. The highest BCUT2D eigenvalue weighted by Gasteiger charge is 2.18. The van der Waals surface area contributed by atoms with Gasteiger partial charge in [0.05, 0.1) is 12.9 Å². The van der Waals surface area contributed by atoms with Crippen molar-refractivity contribution in [2.45, 2.75) is 32.9 Å². The summed E-state index contributed by atoms with van der Waals surface area (Å²) in [5, 5.41) is 3.01. The van der Waals surface area contributed by atoms with Crippen molar-refractivity contribution in [2.24, 2.45) is 0 Å². The number of rotatable bonds is 3. The molecule has 0 aliphatic carbocycles. The number of fused-ring (bicyclic) bond motifs is 1. The number of aromatic nitrogens is 4. The van der Waals surface area contributed by atoms with E-state index in [1.165, 1.54) is 0 Å². The maximum atomic E-state index is 12.1. The van der Waals surface area contributed by atoms with E-state index in [9.17, 15) is 4.79 Å². The largest absolute Gasteiger partial charge is 0.444 e. The molecule has 3 rings (SSSR count). The number of benzene rings is 1. The molecule has 9 heteroatoms. The van der Waals surface area contributed by atoms with Crippen molar-refractivity contribution >= 4 is 46.1 Å². The van der Waals surface area contributed by atoms with Crippen LogP contribution in [0.15, 0.2) is 30.6 Å². The van der Waals surface area contributed by atoms with Crippen LogP contribution in [0.4, 0.5) is 10.5 Å². The summed E-state index contributed by atoms with van der Waals surface area (Å²) in [6.45, 7) is 5.84. The first-order chi connectivity index (χ1) is 12.2. The summed E-state index contributed by atoms with van der Waals surface area (Å²) in [6, 6.07) is 7.40. The van der Waals surface area contributed by atoms with Crippen LogP contribution in [0.1, 0.15) is 26.3 Å². The van der Waals surface area contributed by atoms with E-state index in [1.807, 2.05) is 39.0 Å². The van der Waals surface area contributed by atoms with Gasteiger partial charge in [-0.3, -0.25) is 5.32 Å². The second-order valence-corrected chi connectivity index (χ2v) is 7.31. The summed E-state index contributed by atoms with van der Waals surface area (Å²) in [7, 11) is 0. The second kappa shape index (κ2) is 7.09. The maximum Gasteiger partial charge on any atom is 0.412 e. The number of hydrogen-bond acceptors (Lipinski definition) is 5. The van der Waals surface area contributed by atoms with Gasteiger partial charge < -0.3 is 9.30 Å². The Labute approximate surface area is 160 Å². The summed E-state index contributed by atoms with van der Waals surface area (Å²) < 4.78 is 7.09. The third kappa shape index (κ3) is 4.23. The first kappa shape index (κ1) is 18.4. The fourth-order valence-corrected chi connectivity index (χ4v) is 2.80. The van der Waals surface area contributed by atoms with Gasteiger partial charge in [-0.25, -0.2) is 14.8 Å². The van der Waals surface area contributed by atoms with Crippen molar-refractivity contribution in [1.82, 2.24) is 19.5 Å². The summed E-state index contributed by atoms with van der Waals surface area (Å²) >= 11 is 12.0. The molecule has 0 saturated carbocycles. The molecular formula is C17H17Cl2N5O2. The molecular weight excluding hydrogens is 377 g/mol. The van der Waals surface area contributed by atoms with Crippen LogP contribution in [0, 0.1) is 0 Å². The lowest BCUT2D eigenvalue weighted by Crippen LogP contribution is -2.27. The predicted octanol–water partition coefficient (Wildman–Crippen LogP) is 4.53. The standard InChI is InChI=1S/C17H17Cl2N5O2/c1-17(2,3)26-16(25)21-11-7-5-4-6-10(11)8-24-9-20-12-13(18)22-15(19)23-14(12)24/h4-7,9H,8H2,1-3H3,(H,21,25). The third-order valence-corrected chi connectivity index (χ3v) is 3.82. The van der Waals surface area contributed by atoms with Crippen LogP contribution in [0.3, 0.4) is 0 Å². The zero-order chi connectivity index (χ0) is 18.9. The molecule has 0 bridgehead atoms. The lowest BCUT2D eigenvalue weighted by Gasteiger charge is -2.20. The van der Waals surface area contributed by atoms with Crippen molar-refractivity contribution in [3.8, 4) is 0 Å². The Morgan fingerprint density at radius 1 is 1.23 bits per heavy atom. The highest BCUT2D eigenvalue weighted by molar-refractivity contribution is 6.35. The molecule has 7 nitrogen and oxygen atoms in total. The molecule has 0 unspecified atom stereocenters. The Morgan fingerprint density at radius 2 is 1.96 bits per heavy atom. The Bertz CT molecular complexity index is 965. The van der Waals surface area contributed by atoms with Crippen LogP contribution in [-0.2, 0) is 11.3 Å². The fraction of sp³-hybridized carbons (Fsp3) is 0.294. The van der Waals surface area contributed by atoms with E-state index in [-0.39, 0.29) is 10.4 Å². The van der Waals surface area contributed by atoms with Crippen LogP contribution >= 0.6 is 23.2 Å². The minimum Gasteiger partial charge on any atom is -0.444 e. The predicted molar refractivity (Wildman–Crippen MR) is 101 cm³/mol. The third-order valence-electron chi connectivity index (χ3n) is 3.39. The molecule has 0 fully saturated rings. The Kier molecular flexibility index (Phi) is 5.02. The van der Waals surface area contributed by atoms with Gasteiger partial charge in [-0.1, -0.05) is 29.8 Å². The molecule has 0 aliphatic heterocycles. The van der Waals surface area contributed by atoms with E-state index in [1.54, 1.807) is 17.0 Å². The summed E-state index contributed by atoms with van der Waals surface area (Å²) in [4.78, 5) is 24.4. The van der Waals surface area contributed by atoms with Gasteiger partial charge >= 0.3 is 6.09 Å². The van der Waals surface area contributed by atoms with Crippen molar-refractivity contribution in [1.29, 1.82) is 0 Å². The van der Waals surface area contributed by atoms with Gasteiger partial charge in [-0.15, -0.1) is 0 Å². The number of carbonyl (C=O) groups excluding carboxylic acids is 1. The molecule has 0 radical (unpaired) electrons. The van der Waals surface area contributed by atoms with Crippen molar-refractivity contribution < 1.29 is 9.53 Å². The van der Waals surface area contributed by atoms with Gasteiger partial charge in [0.15, 0.2) is 10.8 Å². The fourth-order valence-electron chi connectivity index (χ4n) is 2.38. The highest BCUT2D eigenvalue weighted by atomic mass is 35.5. The number of nitrogens with one attached hydrogen (secondary N) is 1. The number of imidazole rings is 1. The minimum absolute atomic E-state index is 0.0458. The van der Waals surface area contributed by atoms with Gasteiger partial charge in [0.1, 0.15) is 11.1 Å². The van der Waals surface area contributed by atoms with Gasteiger partial charge in [-0.2, -0.15) is 4.98 Å². The monoisotopic (exact) mass is 393 g/mol. The Balaban J connectivity index is 1.89. The van der Waals surface area contributed by atoms with Crippen molar-refractivity contribution in [3.05, 3.63) is 46.6 Å². The van der Waals surface area contributed by atoms with Crippen LogP contribution < -0.4 is 5.32 Å². The van der Waals surface area contributed by atoms with E-state index >= 15 is 0 Å². The molecule has 1 aromatic carbocycles. The van der Waals surface area contributed by atoms with Crippen molar-refractivity contribution in [3.63, 3.8) is 0 Å². The molecule has 1 N–H and O–H groups in total. The van der Waals surface area contributed by atoms with E-state index < -0.39 is 11.7 Å². The van der Waals surface area contributed by atoms with E-state index in [4.69, 9.17) is 27.9 Å². The molecule has 0 aliphatic rings. The lowest BCUT2D eigenvalue weighted by molar-refractivity contribution is 0.0636. The lowest BCUT2D eigenvalue weighted by atomic mass is 10.1. The number of nitrogens with zero attached hydrogens (tertiary/aromatic N) is 4. The Hall–Kier alpha value is -2.38. The van der Waals surface area contributed by atoms with E-state index in [0.29, 0.717) is 23.4 Å². The highest BCUT2D eigenvalue weighted by Crippen LogP contribution is 2.23. The average molecular weight is 394 g/mol. The summed E-state index contributed by atoms with van der Waals surface area (Å²) in [5.41, 5.74) is 1.89. The van der Waals surface area contributed by atoms with E-state index in [0.717, 1.165) is 5.56 Å². The van der Waals surface area contributed by atoms with Crippen LogP contribution in [0.5, 0.6) is 0 Å². The summed E-state index contributed by atoms with van der Waals surface area (Å²) in [5.74, 6) is 0. The van der Waals surface area contributed by atoms with Crippen molar-refractivity contribution in [2.75, 3.05) is 5.32 Å². The first-order valence-corrected chi connectivity index (χ1v) is 8.60. The SMILES string of the molecule is CC(C)(C)OC(=O)Nc1ccccc1Cn1cnc2c(Cl)nc(Cl)nc21. The van der Waals surface area contributed by atoms with Gasteiger partial charge in [0, 0.05) is 5.69 Å².